The lowest BCUT2D eigenvalue weighted by molar-refractivity contribution is -0.141. The highest BCUT2D eigenvalue weighted by molar-refractivity contribution is 5.95. The van der Waals surface area contributed by atoms with Gasteiger partial charge in [0.1, 0.15) is 0 Å². The Hall–Kier alpha value is -2.69. The van der Waals surface area contributed by atoms with Crippen molar-refractivity contribution >= 4 is 11.9 Å². The number of likely N-dealkylation sites (tertiary alicyclic amines) is 1. The molecular formula is C17H16N2O3. The van der Waals surface area contributed by atoms with Gasteiger partial charge in [0.15, 0.2) is 0 Å². The molecule has 2 heterocycles. The van der Waals surface area contributed by atoms with E-state index in [1.165, 1.54) is 6.20 Å². The summed E-state index contributed by atoms with van der Waals surface area (Å²) in [5.41, 5.74) is 2.36. The Morgan fingerprint density at radius 3 is 2.59 bits per heavy atom. The minimum absolute atomic E-state index is 0.158. The van der Waals surface area contributed by atoms with Gasteiger partial charge < -0.3 is 10.0 Å². The molecule has 1 aromatic heterocycles. The van der Waals surface area contributed by atoms with E-state index in [-0.39, 0.29) is 12.5 Å². The summed E-state index contributed by atoms with van der Waals surface area (Å²) in [6, 6.07) is 11.5. The van der Waals surface area contributed by atoms with E-state index in [0.29, 0.717) is 18.5 Å². The van der Waals surface area contributed by atoms with Gasteiger partial charge in [-0.3, -0.25) is 14.6 Å². The van der Waals surface area contributed by atoms with Crippen LogP contribution in [0.4, 0.5) is 0 Å². The third-order valence-electron chi connectivity index (χ3n) is 3.92. The summed E-state index contributed by atoms with van der Waals surface area (Å²) in [4.78, 5) is 29.2. The summed E-state index contributed by atoms with van der Waals surface area (Å²) in [7, 11) is 0. The molecular weight excluding hydrogens is 280 g/mol. The molecule has 3 rings (SSSR count). The minimum Gasteiger partial charge on any atom is -0.481 e. The molecule has 1 amide bonds. The van der Waals surface area contributed by atoms with Crippen molar-refractivity contribution in [3.05, 3.63) is 54.4 Å². The summed E-state index contributed by atoms with van der Waals surface area (Å²) >= 11 is 0. The van der Waals surface area contributed by atoms with Gasteiger partial charge in [-0.2, -0.15) is 0 Å². The molecule has 5 heteroatoms. The van der Waals surface area contributed by atoms with Gasteiger partial charge in [0, 0.05) is 31.0 Å². The fourth-order valence-electron chi connectivity index (χ4n) is 2.67. The first-order valence-corrected chi connectivity index (χ1v) is 7.17. The number of hydrogen-bond donors (Lipinski definition) is 1. The first kappa shape index (κ1) is 14.3. The molecule has 0 bridgehead atoms. The molecule has 1 fully saturated rings. The molecule has 112 valence electrons. The summed E-state index contributed by atoms with van der Waals surface area (Å²) in [5.74, 6) is -1.46. The van der Waals surface area contributed by atoms with Crippen molar-refractivity contribution in [2.45, 2.75) is 6.42 Å². The number of carbonyl (C=O) groups excluding carboxylic acids is 1. The molecule has 22 heavy (non-hydrogen) atoms. The molecule has 1 N–H and O–H groups in total. The van der Waals surface area contributed by atoms with Crippen LogP contribution in [-0.2, 0) is 4.79 Å². The quantitative estimate of drug-likeness (QED) is 0.943. The molecule has 1 saturated heterocycles. The van der Waals surface area contributed by atoms with Crippen molar-refractivity contribution in [2.75, 3.05) is 13.1 Å². The summed E-state index contributed by atoms with van der Waals surface area (Å²) in [6.45, 7) is 0.745. The highest BCUT2D eigenvalue weighted by Gasteiger charge is 2.31. The van der Waals surface area contributed by atoms with Crippen LogP contribution in [0.1, 0.15) is 16.8 Å². The van der Waals surface area contributed by atoms with E-state index in [2.05, 4.69) is 4.98 Å². The van der Waals surface area contributed by atoms with Crippen molar-refractivity contribution in [1.82, 2.24) is 9.88 Å². The predicted octanol–water partition coefficient (Wildman–Crippen LogP) is 2.30. The zero-order valence-electron chi connectivity index (χ0n) is 12.0. The van der Waals surface area contributed by atoms with Crippen molar-refractivity contribution in [3.8, 4) is 11.1 Å². The topological polar surface area (TPSA) is 70.5 Å². The summed E-state index contributed by atoms with van der Waals surface area (Å²) in [5, 5.41) is 9.03. The second-order valence-corrected chi connectivity index (χ2v) is 5.40. The van der Waals surface area contributed by atoms with E-state index in [4.69, 9.17) is 5.11 Å². The number of benzene rings is 1. The van der Waals surface area contributed by atoms with Gasteiger partial charge >= 0.3 is 5.97 Å². The molecule has 1 unspecified atom stereocenters. The van der Waals surface area contributed by atoms with Gasteiger partial charge in [-0.05, 0) is 18.1 Å². The van der Waals surface area contributed by atoms with Crippen LogP contribution in [0.3, 0.4) is 0 Å². The SMILES string of the molecule is O=C(O)C1CCN(C(=O)c2cncc(-c3ccccc3)c2)C1. The maximum Gasteiger partial charge on any atom is 0.308 e. The highest BCUT2D eigenvalue weighted by Crippen LogP contribution is 2.22. The fraction of sp³-hybridized carbons (Fsp3) is 0.235. The van der Waals surface area contributed by atoms with Crippen LogP contribution in [0.25, 0.3) is 11.1 Å². The van der Waals surface area contributed by atoms with E-state index in [1.54, 1.807) is 17.2 Å². The molecule has 0 radical (unpaired) electrons. The number of nitrogens with zero attached hydrogens (tertiary/aromatic N) is 2. The average Bonchev–Trinajstić information content (AvgIpc) is 3.05. The third kappa shape index (κ3) is 2.83. The van der Waals surface area contributed by atoms with Crippen LogP contribution in [0.5, 0.6) is 0 Å². The second kappa shape index (κ2) is 5.97. The Morgan fingerprint density at radius 2 is 1.91 bits per heavy atom. The number of hydrogen-bond acceptors (Lipinski definition) is 3. The van der Waals surface area contributed by atoms with Gasteiger partial charge in [0.25, 0.3) is 5.91 Å². The number of pyridine rings is 1. The van der Waals surface area contributed by atoms with E-state index in [9.17, 15) is 9.59 Å². The Kier molecular flexibility index (Phi) is 3.87. The maximum atomic E-state index is 12.5. The Labute approximate surface area is 128 Å². The first-order valence-electron chi connectivity index (χ1n) is 7.17. The number of aliphatic carboxylic acids is 1. The van der Waals surface area contributed by atoms with Crippen LogP contribution in [0.15, 0.2) is 48.8 Å². The van der Waals surface area contributed by atoms with Crippen LogP contribution >= 0.6 is 0 Å². The predicted molar refractivity (Wildman–Crippen MR) is 81.3 cm³/mol. The second-order valence-electron chi connectivity index (χ2n) is 5.40. The van der Waals surface area contributed by atoms with Gasteiger partial charge in [-0.1, -0.05) is 30.3 Å². The number of carboxylic acids is 1. The van der Waals surface area contributed by atoms with Gasteiger partial charge in [0.2, 0.25) is 0 Å². The van der Waals surface area contributed by atoms with E-state index < -0.39 is 11.9 Å². The molecule has 1 aromatic carbocycles. The zero-order valence-corrected chi connectivity index (χ0v) is 12.0. The first-order chi connectivity index (χ1) is 10.6. The molecule has 1 aliphatic rings. The Bertz CT molecular complexity index is 700. The monoisotopic (exact) mass is 296 g/mol. The molecule has 0 spiro atoms. The largest absolute Gasteiger partial charge is 0.481 e. The zero-order chi connectivity index (χ0) is 15.5. The Morgan fingerprint density at radius 1 is 1.14 bits per heavy atom. The summed E-state index contributed by atoms with van der Waals surface area (Å²) in [6.07, 6.45) is 3.76. The normalized spacial score (nSPS) is 17.5. The van der Waals surface area contributed by atoms with Gasteiger partial charge in [-0.25, -0.2) is 0 Å². The minimum atomic E-state index is -0.841. The van der Waals surface area contributed by atoms with E-state index in [1.807, 2.05) is 30.3 Å². The van der Waals surface area contributed by atoms with Crippen LogP contribution in [0, 0.1) is 5.92 Å². The molecule has 0 aliphatic carbocycles. The average molecular weight is 296 g/mol. The maximum absolute atomic E-state index is 12.5. The number of carbonyl (C=O) groups is 2. The number of carboxylic acid groups (broad SMARTS) is 1. The molecule has 2 aromatic rings. The lowest BCUT2D eigenvalue weighted by atomic mass is 10.1. The smallest absolute Gasteiger partial charge is 0.308 e. The molecule has 0 saturated carbocycles. The Balaban J connectivity index is 1.81. The lowest BCUT2D eigenvalue weighted by Gasteiger charge is -2.16. The summed E-state index contributed by atoms with van der Waals surface area (Å²) < 4.78 is 0. The van der Waals surface area contributed by atoms with Crippen molar-refractivity contribution in [3.63, 3.8) is 0 Å². The van der Waals surface area contributed by atoms with Crippen LogP contribution in [-0.4, -0.2) is 40.0 Å². The van der Waals surface area contributed by atoms with Crippen LogP contribution < -0.4 is 0 Å². The number of aromatic nitrogens is 1. The van der Waals surface area contributed by atoms with Crippen molar-refractivity contribution in [2.24, 2.45) is 5.92 Å². The molecule has 1 aliphatic heterocycles. The third-order valence-corrected chi connectivity index (χ3v) is 3.92. The van der Waals surface area contributed by atoms with Crippen LogP contribution in [0.2, 0.25) is 0 Å². The van der Waals surface area contributed by atoms with Gasteiger partial charge in [-0.15, -0.1) is 0 Å². The number of amides is 1. The number of rotatable bonds is 3. The van der Waals surface area contributed by atoms with Crippen molar-refractivity contribution in [1.29, 1.82) is 0 Å². The highest BCUT2D eigenvalue weighted by atomic mass is 16.4. The molecule has 1 atom stereocenters. The lowest BCUT2D eigenvalue weighted by Crippen LogP contribution is -2.30. The van der Waals surface area contributed by atoms with E-state index >= 15 is 0 Å². The van der Waals surface area contributed by atoms with Crippen molar-refractivity contribution < 1.29 is 14.7 Å². The molecule has 5 nitrogen and oxygen atoms in total. The van der Waals surface area contributed by atoms with Gasteiger partial charge in [0.05, 0.1) is 11.5 Å². The fourth-order valence-corrected chi connectivity index (χ4v) is 2.67. The standard InChI is InChI=1S/C17H16N2O3/c20-16(19-7-6-13(11-19)17(21)22)15-8-14(9-18-10-15)12-4-2-1-3-5-12/h1-5,8-10,13H,6-7,11H2,(H,21,22). The van der Waals surface area contributed by atoms with E-state index in [0.717, 1.165) is 11.1 Å².